The first-order valence-corrected chi connectivity index (χ1v) is 15.6. The molecule has 0 saturated carbocycles. The van der Waals surface area contributed by atoms with E-state index in [1.807, 2.05) is 38.1 Å². The Bertz CT molecular complexity index is 1560. The lowest BCUT2D eigenvalue weighted by Crippen LogP contribution is -2.35. The van der Waals surface area contributed by atoms with Crippen LogP contribution in [0.25, 0.3) is 0 Å². The van der Waals surface area contributed by atoms with E-state index in [-0.39, 0.29) is 17.9 Å². The number of rotatable bonds is 15. The van der Waals surface area contributed by atoms with Crippen LogP contribution in [0, 0.1) is 10.1 Å². The van der Waals surface area contributed by atoms with Gasteiger partial charge in [-0.1, -0.05) is 24.3 Å². The Hall–Kier alpha value is -4.72. The number of cyclic esters (lactones) is 1. The third-order valence-electron chi connectivity index (χ3n) is 7.63. The fourth-order valence-corrected chi connectivity index (χ4v) is 5.25. The molecule has 3 aromatic carbocycles. The summed E-state index contributed by atoms with van der Waals surface area (Å²) in [6.45, 7) is 7.20. The van der Waals surface area contributed by atoms with Gasteiger partial charge in [-0.25, -0.2) is 9.59 Å². The van der Waals surface area contributed by atoms with Crippen LogP contribution in [-0.4, -0.2) is 60.6 Å². The number of unbranched alkanes of at least 4 members (excludes halogenated alkanes) is 2. The van der Waals surface area contributed by atoms with Crippen molar-refractivity contribution in [3.63, 3.8) is 0 Å². The van der Waals surface area contributed by atoms with Gasteiger partial charge in [0, 0.05) is 56.1 Å². The van der Waals surface area contributed by atoms with Crippen LogP contribution in [0.5, 0.6) is 5.75 Å². The van der Waals surface area contributed by atoms with Crippen molar-refractivity contribution in [3.05, 3.63) is 93.5 Å². The predicted molar refractivity (Wildman–Crippen MR) is 173 cm³/mol. The van der Waals surface area contributed by atoms with Crippen molar-refractivity contribution < 1.29 is 38.2 Å². The molecule has 2 heterocycles. The van der Waals surface area contributed by atoms with Crippen LogP contribution < -0.4 is 15.4 Å². The molecule has 1 unspecified atom stereocenters. The molecule has 2 aliphatic heterocycles. The zero-order chi connectivity index (χ0) is 33.2. The number of nitro benzene ring substituents is 1. The number of hydrogen-bond donors (Lipinski definition) is 2. The van der Waals surface area contributed by atoms with Crippen molar-refractivity contribution >= 4 is 29.2 Å². The van der Waals surface area contributed by atoms with Crippen LogP contribution in [0.3, 0.4) is 0 Å². The van der Waals surface area contributed by atoms with Crippen molar-refractivity contribution in [2.24, 2.45) is 0 Å². The van der Waals surface area contributed by atoms with E-state index in [4.69, 9.17) is 23.7 Å². The number of amides is 3. The van der Waals surface area contributed by atoms with Gasteiger partial charge in [0.1, 0.15) is 11.9 Å². The Morgan fingerprint density at radius 3 is 2.55 bits per heavy atom. The number of nitro groups is 1. The second kappa shape index (κ2) is 15.7. The summed E-state index contributed by atoms with van der Waals surface area (Å²) in [5, 5.41) is 16.2. The minimum absolute atomic E-state index is 0.107. The topological polar surface area (TPSA) is 151 Å². The highest BCUT2D eigenvalue weighted by atomic mass is 16.7. The molecule has 1 saturated heterocycles. The molecule has 13 heteroatoms. The number of non-ortho nitro benzene ring substituents is 1. The smallest absolute Gasteiger partial charge is 0.410 e. The Kier molecular flexibility index (Phi) is 11.2. The molecule has 0 aromatic heterocycles. The van der Waals surface area contributed by atoms with E-state index in [0.29, 0.717) is 57.5 Å². The monoisotopic (exact) mass is 648 g/mol. The second-order valence-electron chi connectivity index (χ2n) is 11.8. The molecule has 0 spiro atoms. The van der Waals surface area contributed by atoms with Crippen molar-refractivity contribution in [2.45, 2.75) is 58.2 Å². The molecule has 1 fully saturated rings. The van der Waals surface area contributed by atoms with Gasteiger partial charge in [-0.15, -0.1) is 0 Å². The maximum Gasteiger partial charge on any atom is 0.410 e. The number of benzene rings is 3. The molecule has 1 atom stereocenters. The zero-order valence-electron chi connectivity index (χ0n) is 26.6. The van der Waals surface area contributed by atoms with E-state index < -0.39 is 16.7 Å². The van der Waals surface area contributed by atoms with Crippen LogP contribution in [0.4, 0.5) is 26.7 Å². The number of hydrogen-bond acceptors (Lipinski definition) is 9. The Morgan fingerprint density at radius 1 is 0.979 bits per heavy atom. The molecule has 0 bridgehead atoms. The van der Waals surface area contributed by atoms with E-state index in [2.05, 4.69) is 10.6 Å². The maximum atomic E-state index is 12.4. The number of nitrogens with one attached hydrogen (secondary N) is 2. The number of nitrogens with zero attached hydrogens (tertiary/aromatic N) is 2. The molecule has 47 heavy (non-hydrogen) atoms. The standard InChI is InChI=1S/C34H40N4O9/c1-34(2)45-23-26-19-25(12-13-30(26)47-34)31-21-37(33(40)46-31)14-4-3-5-15-43-16-17-44-22-24-8-6-9-27(18-24)35-32(39)36-28-10-7-11-29(20-28)38(41)42/h6-13,18-20,31H,3-5,14-17,21-23H2,1-2H3,(H2,35,36,39). The van der Waals surface area contributed by atoms with Crippen LogP contribution in [0.2, 0.25) is 0 Å². The van der Waals surface area contributed by atoms with Gasteiger partial charge in [-0.3, -0.25) is 10.1 Å². The van der Waals surface area contributed by atoms with E-state index in [1.54, 1.807) is 29.2 Å². The van der Waals surface area contributed by atoms with Gasteiger partial charge >= 0.3 is 12.1 Å². The lowest BCUT2D eigenvalue weighted by molar-refractivity contribution is -0.384. The first-order valence-electron chi connectivity index (χ1n) is 15.6. The van der Waals surface area contributed by atoms with Gasteiger partial charge < -0.3 is 39.2 Å². The van der Waals surface area contributed by atoms with Crippen molar-refractivity contribution in [1.29, 1.82) is 0 Å². The van der Waals surface area contributed by atoms with Gasteiger partial charge in [-0.05, 0) is 60.7 Å². The third-order valence-corrected chi connectivity index (χ3v) is 7.63. The molecular weight excluding hydrogens is 608 g/mol. The average molecular weight is 649 g/mol. The number of ether oxygens (including phenoxy) is 5. The first kappa shape index (κ1) is 33.6. The average Bonchev–Trinajstić information content (AvgIpc) is 3.41. The predicted octanol–water partition coefficient (Wildman–Crippen LogP) is 6.78. The first-order chi connectivity index (χ1) is 22.6. The third kappa shape index (κ3) is 9.88. The highest BCUT2D eigenvalue weighted by molar-refractivity contribution is 5.99. The van der Waals surface area contributed by atoms with Crippen molar-refractivity contribution in [3.8, 4) is 5.75 Å². The summed E-state index contributed by atoms with van der Waals surface area (Å²) in [7, 11) is 0. The van der Waals surface area contributed by atoms with Crippen LogP contribution in [-0.2, 0) is 32.2 Å². The number of fused-ring (bicyclic) bond motifs is 1. The van der Waals surface area contributed by atoms with E-state index in [9.17, 15) is 19.7 Å². The fourth-order valence-electron chi connectivity index (χ4n) is 5.25. The van der Waals surface area contributed by atoms with Gasteiger partial charge in [0.25, 0.3) is 5.69 Å². The maximum absolute atomic E-state index is 12.4. The Labute approximate surface area is 273 Å². The van der Waals surface area contributed by atoms with E-state index in [0.717, 1.165) is 41.7 Å². The highest BCUT2D eigenvalue weighted by Crippen LogP contribution is 2.35. The molecule has 2 aliphatic rings. The van der Waals surface area contributed by atoms with Gasteiger partial charge in [-0.2, -0.15) is 0 Å². The normalized spacial score (nSPS) is 16.6. The Balaban J connectivity index is 0.913. The molecule has 0 radical (unpaired) electrons. The molecule has 5 rings (SSSR count). The summed E-state index contributed by atoms with van der Waals surface area (Å²) in [6.07, 6.45) is 2.06. The molecular formula is C34H40N4O9. The number of carbonyl (C=O) groups is 2. The number of urea groups is 1. The minimum atomic E-state index is -0.651. The van der Waals surface area contributed by atoms with Crippen molar-refractivity contribution in [1.82, 2.24) is 4.90 Å². The summed E-state index contributed by atoms with van der Waals surface area (Å²) in [6, 6.07) is 18.3. The SMILES string of the molecule is CC1(C)OCc2cc(C3CN(CCCCCOCCOCc4cccc(NC(=O)Nc5cccc([N+](=O)[O-])c5)c4)C(=O)O3)ccc2O1. The molecule has 3 amide bonds. The number of carbonyl (C=O) groups excluding carboxylic acids is 2. The summed E-state index contributed by atoms with van der Waals surface area (Å²) in [5.74, 6) is 0.145. The van der Waals surface area contributed by atoms with Crippen LogP contribution >= 0.6 is 0 Å². The largest absolute Gasteiger partial charge is 0.463 e. The molecule has 13 nitrogen and oxygen atoms in total. The zero-order valence-corrected chi connectivity index (χ0v) is 26.6. The molecule has 3 aromatic rings. The lowest BCUT2D eigenvalue weighted by atomic mass is 10.0. The minimum Gasteiger partial charge on any atom is -0.463 e. The van der Waals surface area contributed by atoms with Gasteiger partial charge in [0.05, 0.1) is 37.9 Å². The summed E-state index contributed by atoms with van der Waals surface area (Å²) in [4.78, 5) is 36.9. The van der Waals surface area contributed by atoms with E-state index in [1.165, 1.54) is 18.2 Å². The summed E-state index contributed by atoms with van der Waals surface area (Å²) >= 11 is 0. The highest BCUT2D eigenvalue weighted by Gasteiger charge is 2.33. The lowest BCUT2D eigenvalue weighted by Gasteiger charge is -2.32. The molecule has 0 aliphatic carbocycles. The molecule has 250 valence electrons. The second-order valence-corrected chi connectivity index (χ2v) is 11.8. The van der Waals surface area contributed by atoms with Crippen molar-refractivity contribution in [2.75, 3.05) is 43.5 Å². The summed E-state index contributed by atoms with van der Waals surface area (Å²) < 4.78 is 28.6. The number of anilines is 2. The van der Waals surface area contributed by atoms with Crippen LogP contribution in [0.15, 0.2) is 66.7 Å². The van der Waals surface area contributed by atoms with Gasteiger partial charge in [0.15, 0.2) is 0 Å². The van der Waals surface area contributed by atoms with Gasteiger partial charge in [0.2, 0.25) is 5.79 Å². The Morgan fingerprint density at radius 2 is 1.74 bits per heavy atom. The fraction of sp³-hybridized carbons (Fsp3) is 0.412. The summed E-state index contributed by atoms with van der Waals surface area (Å²) in [5.41, 5.74) is 3.54. The van der Waals surface area contributed by atoms with E-state index >= 15 is 0 Å². The van der Waals surface area contributed by atoms with Crippen LogP contribution in [0.1, 0.15) is 55.9 Å². The molecule has 2 N–H and O–H groups in total. The quantitative estimate of drug-likeness (QED) is 0.103.